The molecule has 0 bridgehead atoms. The van der Waals surface area contributed by atoms with Crippen molar-refractivity contribution < 1.29 is 0 Å². The molecule has 0 saturated heterocycles. The van der Waals surface area contributed by atoms with E-state index in [1.165, 1.54) is 11.1 Å². The van der Waals surface area contributed by atoms with Gasteiger partial charge in [0.15, 0.2) is 0 Å². The zero-order chi connectivity index (χ0) is 8.43. The second kappa shape index (κ2) is 3.27. The molecule has 1 aliphatic rings. The minimum atomic E-state index is 0.607. The van der Waals surface area contributed by atoms with Crippen LogP contribution in [0.5, 0.6) is 0 Å². The summed E-state index contributed by atoms with van der Waals surface area (Å²) < 4.78 is 0. The average molecular weight is 169 g/mol. The lowest BCUT2D eigenvalue weighted by Gasteiger charge is -1.95. The van der Waals surface area contributed by atoms with Crippen molar-refractivity contribution in [3.63, 3.8) is 0 Å². The van der Waals surface area contributed by atoms with Gasteiger partial charge in [0.2, 0.25) is 0 Å². The molecular weight excluding hydrogens is 156 g/mol. The highest BCUT2D eigenvalue weighted by Gasteiger charge is 2.18. The van der Waals surface area contributed by atoms with Gasteiger partial charge < -0.3 is 0 Å². The summed E-state index contributed by atoms with van der Waals surface area (Å²) in [5.41, 5.74) is 2.50. The normalized spacial score (nSPS) is 28.0. The first-order valence-corrected chi connectivity index (χ1v) is 4.20. The van der Waals surface area contributed by atoms with Gasteiger partial charge in [-0.15, -0.1) is 0 Å². The second-order valence-corrected chi connectivity index (χ2v) is 3.72. The third kappa shape index (κ3) is 2.23. The van der Waals surface area contributed by atoms with E-state index in [0.717, 1.165) is 18.8 Å². The zero-order valence-electron chi connectivity index (χ0n) is 6.86. The molecule has 0 spiro atoms. The fourth-order valence-corrected chi connectivity index (χ4v) is 1.63. The number of rotatable bonds is 1. The Balaban J connectivity index is 2.75. The van der Waals surface area contributed by atoms with Crippen LogP contribution in [0.3, 0.4) is 0 Å². The van der Waals surface area contributed by atoms with Crippen LogP contribution in [0.2, 0.25) is 0 Å². The predicted molar refractivity (Wildman–Crippen MR) is 50.6 cm³/mol. The SMILES string of the molecule is C=C(Cl)/C=C1/CC(C)CC1=C. The topological polar surface area (TPSA) is 0 Å². The van der Waals surface area contributed by atoms with E-state index < -0.39 is 0 Å². The molecule has 0 aliphatic heterocycles. The molecule has 1 saturated carbocycles. The van der Waals surface area contributed by atoms with E-state index in [1.807, 2.05) is 6.08 Å². The van der Waals surface area contributed by atoms with Crippen LogP contribution in [0.25, 0.3) is 0 Å². The van der Waals surface area contributed by atoms with Crippen molar-refractivity contribution in [3.05, 3.63) is 35.4 Å². The van der Waals surface area contributed by atoms with Gasteiger partial charge in [0.1, 0.15) is 0 Å². The van der Waals surface area contributed by atoms with Gasteiger partial charge in [-0.25, -0.2) is 0 Å². The Kier molecular flexibility index (Phi) is 2.56. The van der Waals surface area contributed by atoms with E-state index in [0.29, 0.717) is 5.03 Å². The van der Waals surface area contributed by atoms with Crippen molar-refractivity contribution >= 4 is 11.6 Å². The molecular formula is C10H13Cl. The van der Waals surface area contributed by atoms with Crippen LogP contribution < -0.4 is 0 Å². The van der Waals surface area contributed by atoms with Crippen molar-refractivity contribution in [2.75, 3.05) is 0 Å². The first kappa shape index (κ1) is 8.61. The minimum absolute atomic E-state index is 0.607. The fourth-order valence-electron chi connectivity index (χ4n) is 1.49. The van der Waals surface area contributed by atoms with E-state index in [-0.39, 0.29) is 0 Å². The summed E-state index contributed by atoms with van der Waals surface area (Å²) in [5.74, 6) is 0.727. The van der Waals surface area contributed by atoms with Crippen molar-refractivity contribution in [2.45, 2.75) is 19.8 Å². The Bertz CT molecular complexity index is 223. The summed E-state index contributed by atoms with van der Waals surface area (Å²) in [4.78, 5) is 0. The molecule has 0 aromatic carbocycles. The lowest BCUT2D eigenvalue weighted by Crippen LogP contribution is -1.80. The molecule has 0 aromatic rings. The maximum absolute atomic E-state index is 5.66. The summed E-state index contributed by atoms with van der Waals surface area (Å²) in [6.45, 7) is 9.82. The Labute approximate surface area is 73.3 Å². The van der Waals surface area contributed by atoms with Gasteiger partial charge in [-0.3, -0.25) is 0 Å². The van der Waals surface area contributed by atoms with Crippen LogP contribution in [0.1, 0.15) is 19.8 Å². The van der Waals surface area contributed by atoms with E-state index in [9.17, 15) is 0 Å². The molecule has 1 heteroatoms. The lowest BCUT2D eigenvalue weighted by molar-refractivity contribution is 0.641. The molecule has 1 fully saturated rings. The highest BCUT2D eigenvalue weighted by Crippen LogP contribution is 2.34. The number of hydrogen-bond donors (Lipinski definition) is 0. The van der Waals surface area contributed by atoms with Crippen molar-refractivity contribution in [2.24, 2.45) is 5.92 Å². The first-order valence-electron chi connectivity index (χ1n) is 3.82. The summed E-state index contributed by atoms with van der Waals surface area (Å²) in [5, 5.41) is 0.607. The molecule has 0 aromatic heterocycles. The summed E-state index contributed by atoms with van der Waals surface area (Å²) in [6.07, 6.45) is 4.13. The van der Waals surface area contributed by atoms with Crippen LogP contribution in [0.15, 0.2) is 35.4 Å². The largest absolute Gasteiger partial charge is 0.0955 e. The second-order valence-electron chi connectivity index (χ2n) is 3.23. The number of hydrogen-bond acceptors (Lipinski definition) is 0. The average Bonchev–Trinajstić information content (AvgIpc) is 2.09. The molecule has 1 unspecified atom stereocenters. The fraction of sp³-hybridized carbons (Fsp3) is 0.400. The van der Waals surface area contributed by atoms with E-state index in [4.69, 9.17) is 11.6 Å². The summed E-state index contributed by atoms with van der Waals surface area (Å²) in [7, 11) is 0. The minimum Gasteiger partial charge on any atom is -0.0955 e. The van der Waals surface area contributed by atoms with Crippen molar-refractivity contribution in [1.82, 2.24) is 0 Å². The van der Waals surface area contributed by atoms with Crippen LogP contribution in [-0.2, 0) is 0 Å². The third-order valence-corrected chi connectivity index (χ3v) is 2.06. The van der Waals surface area contributed by atoms with Gasteiger partial charge in [-0.05, 0) is 30.4 Å². The van der Waals surface area contributed by atoms with Gasteiger partial charge in [0.05, 0.1) is 0 Å². The Hall–Kier alpha value is -0.490. The Morgan fingerprint density at radius 3 is 2.64 bits per heavy atom. The number of allylic oxidation sites excluding steroid dienone is 4. The van der Waals surface area contributed by atoms with Gasteiger partial charge >= 0.3 is 0 Å². The molecule has 0 amide bonds. The number of halogens is 1. The van der Waals surface area contributed by atoms with Gasteiger partial charge in [0, 0.05) is 5.03 Å². The first-order chi connectivity index (χ1) is 5.09. The Morgan fingerprint density at radius 2 is 2.27 bits per heavy atom. The quantitative estimate of drug-likeness (QED) is 0.561. The zero-order valence-corrected chi connectivity index (χ0v) is 7.62. The third-order valence-electron chi connectivity index (χ3n) is 1.95. The van der Waals surface area contributed by atoms with Crippen LogP contribution in [0.4, 0.5) is 0 Å². The molecule has 0 radical (unpaired) electrons. The van der Waals surface area contributed by atoms with Gasteiger partial charge in [0.25, 0.3) is 0 Å². The van der Waals surface area contributed by atoms with Crippen LogP contribution in [-0.4, -0.2) is 0 Å². The van der Waals surface area contributed by atoms with Crippen LogP contribution >= 0.6 is 11.6 Å². The van der Waals surface area contributed by atoms with Crippen LogP contribution in [0, 0.1) is 5.92 Å². The van der Waals surface area contributed by atoms with Crippen molar-refractivity contribution in [3.8, 4) is 0 Å². The molecule has 1 atom stereocenters. The molecule has 60 valence electrons. The molecule has 1 aliphatic carbocycles. The van der Waals surface area contributed by atoms with E-state index in [1.54, 1.807) is 0 Å². The maximum Gasteiger partial charge on any atom is 0.0337 e. The summed E-state index contributed by atoms with van der Waals surface area (Å²) in [6, 6.07) is 0. The Morgan fingerprint density at radius 1 is 1.64 bits per heavy atom. The molecule has 0 nitrogen and oxygen atoms in total. The molecule has 0 N–H and O–H groups in total. The monoisotopic (exact) mass is 168 g/mol. The lowest BCUT2D eigenvalue weighted by atomic mass is 10.1. The van der Waals surface area contributed by atoms with E-state index >= 15 is 0 Å². The highest BCUT2D eigenvalue weighted by atomic mass is 35.5. The summed E-state index contributed by atoms with van der Waals surface area (Å²) >= 11 is 5.66. The van der Waals surface area contributed by atoms with Crippen molar-refractivity contribution in [1.29, 1.82) is 0 Å². The van der Waals surface area contributed by atoms with E-state index in [2.05, 4.69) is 20.1 Å². The standard InChI is InChI=1S/C10H13Cl/c1-7-4-8(2)10(5-7)6-9(3)11/h6-7H,2-5H2,1H3/b10-6-. The maximum atomic E-state index is 5.66. The molecule has 0 heterocycles. The van der Waals surface area contributed by atoms with Gasteiger partial charge in [-0.1, -0.05) is 37.3 Å². The smallest absolute Gasteiger partial charge is 0.0337 e. The highest BCUT2D eigenvalue weighted by molar-refractivity contribution is 6.30. The predicted octanol–water partition coefficient (Wildman–Crippen LogP) is 3.65. The molecule has 1 rings (SSSR count). The molecule has 11 heavy (non-hydrogen) atoms. The van der Waals surface area contributed by atoms with Gasteiger partial charge in [-0.2, -0.15) is 0 Å².